The Bertz CT molecular complexity index is 160. The van der Waals surface area contributed by atoms with Gasteiger partial charge in [0.05, 0.1) is 0 Å². The van der Waals surface area contributed by atoms with E-state index >= 15 is 0 Å². The summed E-state index contributed by atoms with van der Waals surface area (Å²) < 4.78 is 5.30. The van der Waals surface area contributed by atoms with Crippen molar-refractivity contribution in [1.29, 1.82) is 0 Å². The van der Waals surface area contributed by atoms with Crippen LogP contribution in [0, 0.1) is 5.92 Å². The Morgan fingerprint density at radius 2 is 2.00 bits per heavy atom. The lowest BCUT2D eigenvalue weighted by Gasteiger charge is -2.21. The smallest absolute Gasteiger partial charge is 0.132 e. The minimum atomic E-state index is 0.444. The van der Waals surface area contributed by atoms with Gasteiger partial charge >= 0.3 is 0 Å². The van der Waals surface area contributed by atoms with E-state index in [0.717, 1.165) is 44.8 Å². The number of hydrogen-bond donors (Lipinski definition) is 0. The van der Waals surface area contributed by atoms with Gasteiger partial charge in [0.15, 0.2) is 0 Å². The van der Waals surface area contributed by atoms with Crippen LogP contribution < -0.4 is 0 Å². The van der Waals surface area contributed by atoms with E-state index in [0.29, 0.717) is 5.78 Å². The van der Waals surface area contributed by atoms with E-state index in [1.165, 1.54) is 19.3 Å². The number of ether oxygens (including phenoxy) is 1. The lowest BCUT2D eigenvalue weighted by atomic mass is 9.93. The Labute approximate surface area is 87.0 Å². The van der Waals surface area contributed by atoms with Crippen LogP contribution in [0.1, 0.15) is 51.9 Å². The molecule has 0 N–H and O–H groups in total. The molecular formula is C12H22O2. The van der Waals surface area contributed by atoms with Crippen molar-refractivity contribution in [3.05, 3.63) is 0 Å². The van der Waals surface area contributed by atoms with Crippen LogP contribution in [0.25, 0.3) is 0 Å². The summed E-state index contributed by atoms with van der Waals surface area (Å²) in [6, 6.07) is 0. The van der Waals surface area contributed by atoms with Gasteiger partial charge in [-0.2, -0.15) is 0 Å². The zero-order valence-electron chi connectivity index (χ0n) is 9.26. The van der Waals surface area contributed by atoms with Gasteiger partial charge in [-0.1, -0.05) is 6.92 Å². The second-order valence-corrected chi connectivity index (χ2v) is 4.24. The third-order valence-electron chi connectivity index (χ3n) is 2.94. The van der Waals surface area contributed by atoms with E-state index in [4.69, 9.17) is 4.74 Å². The largest absolute Gasteiger partial charge is 0.381 e. The summed E-state index contributed by atoms with van der Waals surface area (Å²) >= 11 is 0. The SMILES string of the molecule is CCCC(=O)CCCC1CCOCC1. The Morgan fingerprint density at radius 1 is 1.29 bits per heavy atom. The molecule has 82 valence electrons. The minimum absolute atomic E-state index is 0.444. The molecule has 1 heterocycles. The van der Waals surface area contributed by atoms with Crippen LogP contribution in [0.3, 0.4) is 0 Å². The fourth-order valence-corrected chi connectivity index (χ4v) is 2.03. The van der Waals surface area contributed by atoms with Crippen molar-refractivity contribution >= 4 is 5.78 Å². The first-order chi connectivity index (χ1) is 6.83. The molecule has 0 unspecified atom stereocenters. The molecule has 0 bridgehead atoms. The molecule has 1 fully saturated rings. The number of carbonyl (C=O) groups is 1. The predicted molar refractivity (Wildman–Crippen MR) is 57.3 cm³/mol. The molecule has 0 saturated carbocycles. The molecule has 1 aliphatic heterocycles. The molecule has 0 aromatic carbocycles. The highest BCUT2D eigenvalue weighted by atomic mass is 16.5. The first kappa shape index (κ1) is 11.7. The van der Waals surface area contributed by atoms with Crippen molar-refractivity contribution in [2.75, 3.05) is 13.2 Å². The molecule has 0 radical (unpaired) electrons. The molecule has 0 aromatic rings. The normalized spacial score (nSPS) is 18.4. The van der Waals surface area contributed by atoms with E-state index in [9.17, 15) is 4.79 Å². The van der Waals surface area contributed by atoms with Crippen LogP contribution in [-0.2, 0) is 9.53 Å². The number of Topliss-reactive ketones (excluding diaryl/α,β-unsaturated/α-hetero) is 1. The van der Waals surface area contributed by atoms with Gasteiger partial charge in [-0.05, 0) is 38.0 Å². The van der Waals surface area contributed by atoms with Gasteiger partial charge in [0.2, 0.25) is 0 Å². The quantitative estimate of drug-likeness (QED) is 0.656. The highest BCUT2D eigenvalue weighted by molar-refractivity contribution is 5.78. The third kappa shape index (κ3) is 4.75. The van der Waals surface area contributed by atoms with Gasteiger partial charge in [-0.15, -0.1) is 0 Å². The van der Waals surface area contributed by atoms with Gasteiger partial charge in [-0.3, -0.25) is 4.79 Å². The number of hydrogen-bond acceptors (Lipinski definition) is 2. The van der Waals surface area contributed by atoms with E-state index in [-0.39, 0.29) is 0 Å². The molecule has 2 nitrogen and oxygen atoms in total. The topological polar surface area (TPSA) is 26.3 Å². The Kier molecular flexibility index (Phi) is 5.85. The lowest BCUT2D eigenvalue weighted by molar-refractivity contribution is -0.119. The Morgan fingerprint density at radius 3 is 2.64 bits per heavy atom. The molecule has 0 amide bonds. The molecule has 0 aliphatic carbocycles. The lowest BCUT2D eigenvalue weighted by Crippen LogP contribution is -2.15. The summed E-state index contributed by atoms with van der Waals surface area (Å²) in [5.74, 6) is 1.26. The monoisotopic (exact) mass is 198 g/mol. The molecule has 0 spiro atoms. The highest BCUT2D eigenvalue weighted by Gasteiger charge is 2.13. The Balaban J connectivity index is 1.99. The van der Waals surface area contributed by atoms with Crippen molar-refractivity contribution in [3.8, 4) is 0 Å². The molecule has 1 rings (SSSR count). The molecule has 1 aliphatic rings. The van der Waals surface area contributed by atoms with E-state index in [1.54, 1.807) is 0 Å². The van der Waals surface area contributed by atoms with Crippen LogP contribution in [0.5, 0.6) is 0 Å². The van der Waals surface area contributed by atoms with Crippen LogP contribution in [0.15, 0.2) is 0 Å². The molecule has 14 heavy (non-hydrogen) atoms. The van der Waals surface area contributed by atoms with Crippen molar-refractivity contribution in [1.82, 2.24) is 0 Å². The van der Waals surface area contributed by atoms with Crippen molar-refractivity contribution in [2.45, 2.75) is 51.9 Å². The zero-order valence-corrected chi connectivity index (χ0v) is 9.26. The van der Waals surface area contributed by atoms with E-state index in [1.807, 2.05) is 0 Å². The number of ketones is 1. The molecule has 2 heteroatoms. The van der Waals surface area contributed by atoms with Crippen molar-refractivity contribution < 1.29 is 9.53 Å². The second-order valence-electron chi connectivity index (χ2n) is 4.24. The molecular weight excluding hydrogens is 176 g/mol. The van der Waals surface area contributed by atoms with Gasteiger partial charge in [-0.25, -0.2) is 0 Å². The summed E-state index contributed by atoms with van der Waals surface area (Å²) in [6.45, 7) is 3.91. The maximum Gasteiger partial charge on any atom is 0.132 e. The minimum Gasteiger partial charge on any atom is -0.381 e. The molecule has 0 atom stereocenters. The summed E-state index contributed by atoms with van der Waals surface area (Å²) in [6.07, 6.45) is 7.27. The predicted octanol–water partition coefficient (Wildman–Crippen LogP) is 2.95. The summed E-state index contributed by atoms with van der Waals surface area (Å²) in [4.78, 5) is 11.3. The first-order valence-electron chi connectivity index (χ1n) is 5.92. The summed E-state index contributed by atoms with van der Waals surface area (Å²) in [7, 11) is 0. The highest BCUT2D eigenvalue weighted by Crippen LogP contribution is 2.20. The van der Waals surface area contributed by atoms with Gasteiger partial charge in [0.1, 0.15) is 5.78 Å². The maximum atomic E-state index is 11.3. The maximum absolute atomic E-state index is 11.3. The third-order valence-corrected chi connectivity index (χ3v) is 2.94. The average Bonchev–Trinajstić information content (AvgIpc) is 2.20. The standard InChI is InChI=1S/C12H22O2/c1-2-4-12(13)6-3-5-11-7-9-14-10-8-11/h11H,2-10H2,1H3. The fraction of sp³-hybridized carbons (Fsp3) is 0.917. The van der Waals surface area contributed by atoms with Gasteiger partial charge in [0, 0.05) is 26.1 Å². The van der Waals surface area contributed by atoms with Gasteiger partial charge in [0.25, 0.3) is 0 Å². The van der Waals surface area contributed by atoms with E-state index in [2.05, 4.69) is 6.92 Å². The molecule has 0 aromatic heterocycles. The van der Waals surface area contributed by atoms with Crippen molar-refractivity contribution in [2.24, 2.45) is 5.92 Å². The first-order valence-corrected chi connectivity index (χ1v) is 5.92. The number of carbonyl (C=O) groups excluding carboxylic acids is 1. The van der Waals surface area contributed by atoms with Crippen LogP contribution >= 0.6 is 0 Å². The summed E-state index contributed by atoms with van der Waals surface area (Å²) in [5, 5.41) is 0. The average molecular weight is 198 g/mol. The van der Waals surface area contributed by atoms with E-state index < -0.39 is 0 Å². The molecule has 1 saturated heterocycles. The zero-order chi connectivity index (χ0) is 10.2. The Hall–Kier alpha value is -0.370. The van der Waals surface area contributed by atoms with Crippen molar-refractivity contribution in [3.63, 3.8) is 0 Å². The number of rotatable bonds is 6. The summed E-state index contributed by atoms with van der Waals surface area (Å²) in [5.41, 5.74) is 0. The van der Waals surface area contributed by atoms with Crippen LogP contribution in [0.2, 0.25) is 0 Å². The van der Waals surface area contributed by atoms with Crippen LogP contribution in [0.4, 0.5) is 0 Å². The fourth-order valence-electron chi connectivity index (χ4n) is 2.03. The second kappa shape index (κ2) is 6.99. The van der Waals surface area contributed by atoms with Crippen LogP contribution in [-0.4, -0.2) is 19.0 Å². The van der Waals surface area contributed by atoms with Gasteiger partial charge < -0.3 is 4.74 Å².